The zero-order valence-electron chi connectivity index (χ0n) is 6.67. The van der Waals surface area contributed by atoms with Crippen molar-refractivity contribution in [2.24, 2.45) is 10.8 Å². The number of amides is 2. The van der Waals surface area contributed by atoms with Gasteiger partial charge in [0.2, 0.25) is 11.8 Å². The number of nitrogens with two attached hydrogens (primary N) is 1. The number of nitrogens with zero attached hydrogens (tertiary/aromatic N) is 1. The number of carbonyl (C=O) groups excluding carboxylic acids is 2. The molecule has 5 nitrogen and oxygen atoms in total. The lowest BCUT2D eigenvalue weighted by Gasteiger charge is -2.10. The summed E-state index contributed by atoms with van der Waals surface area (Å²) in [6.07, 6.45) is 1.95. The Labute approximate surface area is 70.0 Å². The van der Waals surface area contributed by atoms with Crippen LogP contribution < -0.4 is 11.2 Å². The minimum absolute atomic E-state index is 0.0715. The summed E-state index contributed by atoms with van der Waals surface area (Å²) in [6.45, 7) is 0. The molecule has 3 N–H and O–H groups in total. The van der Waals surface area contributed by atoms with Crippen molar-refractivity contribution in [2.45, 2.75) is 25.7 Å². The molecule has 0 radical (unpaired) electrons. The van der Waals surface area contributed by atoms with Crippen LogP contribution in [0.1, 0.15) is 25.7 Å². The van der Waals surface area contributed by atoms with Crippen LogP contribution in [-0.2, 0) is 9.59 Å². The van der Waals surface area contributed by atoms with Crippen molar-refractivity contribution < 1.29 is 9.59 Å². The molecule has 0 aliphatic carbocycles. The summed E-state index contributed by atoms with van der Waals surface area (Å²) in [5.41, 5.74) is 8.15. The van der Waals surface area contributed by atoms with Gasteiger partial charge in [-0.15, -0.1) is 0 Å². The van der Waals surface area contributed by atoms with Crippen LogP contribution in [-0.4, -0.2) is 17.5 Å². The number of rotatable bonds is 3. The third-order valence-electron chi connectivity index (χ3n) is 1.64. The lowest BCUT2D eigenvalue weighted by molar-refractivity contribution is -0.121. The Bertz CT molecular complexity index is 235. The Kier molecular flexibility index (Phi) is 2.79. The first-order valence-electron chi connectivity index (χ1n) is 3.81. The maximum atomic E-state index is 10.6. The number of hydrazone groups is 1. The van der Waals surface area contributed by atoms with Gasteiger partial charge in [0.05, 0.1) is 0 Å². The molecule has 0 unspecified atom stereocenters. The second-order valence-electron chi connectivity index (χ2n) is 2.68. The molecule has 66 valence electrons. The summed E-state index contributed by atoms with van der Waals surface area (Å²) in [6, 6.07) is 0. The summed E-state index contributed by atoms with van der Waals surface area (Å²) in [5, 5.41) is 3.79. The van der Waals surface area contributed by atoms with E-state index in [2.05, 4.69) is 10.5 Å². The number of primary amides is 1. The van der Waals surface area contributed by atoms with Crippen LogP contribution >= 0.6 is 0 Å². The van der Waals surface area contributed by atoms with Crippen molar-refractivity contribution in [3.05, 3.63) is 0 Å². The van der Waals surface area contributed by atoms with Gasteiger partial charge < -0.3 is 5.73 Å². The standard InChI is InChI=1S/C7H11N3O2/c8-6(11)3-1-5-2-4-7(12)10-9-5/h1-4H2,(H2,8,11)(H,10,12). The first kappa shape index (κ1) is 8.70. The minimum atomic E-state index is -0.338. The molecule has 0 atom stereocenters. The Morgan fingerprint density at radius 2 is 2.33 bits per heavy atom. The van der Waals surface area contributed by atoms with E-state index in [1.54, 1.807) is 0 Å². The number of hydrogen-bond donors (Lipinski definition) is 2. The SMILES string of the molecule is NC(=O)CCC1=NNC(=O)CC1. The minimum Gasteiger partial charge on any atom is -0.370 e. The van der Waals surface area contributed by atoms with E-state index < -0.39 is 0 Å². The molecule has 0 fully saturated rings. The quantitative estimate of drug-likeness (QED) is 0.597. The fourth-order valence-electron chi connectivity index (χ4n) is 0.959. The molecule has 0 spiro atoms. The fourth-order valence-corrected chi connectivity index (χ4v) is 0.959. The first-order chi connectivity index (χ1) is 5.68. The number of nitrogens with one attached hydrogen (secondary N) is 1. The average molecular weight is 169 g/mol. The molecule has 12 heavy (non-hydrogen) atoms. The third-order valence-corrected chi connectivity index (χ3v) is 1.64. The normalized spacial score (nSPS) is 16.7. The maximum Gasteiger partial charge on any atom is 0.240 e. The third kappa shape index (κ3) is 2.69. The van der Waals surface area contributed by atoms with E-state index in [0.717, 1.165) is 5.71 Å². The van der Waals surface area contributed by atoms with Gasteiger partial charge in [0.1, 0.15) is 0 Å². The van der Waals surface area contributed by atoms with E-state index in [1.807, 2.05) is 0 Å². The molecule has 0 bridgehead atoms. The van der Waals surface area contributed by atoms with Gasteiger partial charge in [0, 0.05) is 18.6 Å². The van der Waals surface area contributed by atoms with Crippen molar-refractivity contribution in [2.75, 3.05) is 0 Å². The zero-order chi connectivity index (χ0) is 8.97. The van der Waals surface area contributed by atoms with Crippen molar-refractivity contribution >= 4 is 17.5 Å². The van der Waals surface area contributed by atoms with Gasteiger partial charge in [-0.2, -0.15) is 5.10 Å². The highest BCUT2D eigenvalue weighted by molar-refractivity contribution is 5.94. The molecule has 0 aromatic rings. The van der Waals surface area contributed by atoms with E-state index in [9.17, 15) is 9.59 Å². The molecule has 0 saturated heterocycles. The molecule has 0 aromatic carbocycles. The van der Waals surface area contributed by atoms with Gasteiger partial charge in [0.15, 0.2) is 0 Å². The average Bonchev–Trinajstić information content (AvgIpc) is 2.03. The molecular weight excluding hydrogens is 158 g/mol. The highest BCUT2D eigenvalue weighted by atomic mass is 16.2. The summed E-state index contributed by atoms with van der Waals surface area (Å²) < 4.78 is 0. The second-order valence-corrected chi connectivity index (χ2v) is 2.68. The van der Waals surface area contributed by atoms with Crippen LogP contribution in [0.3, 0.4) is 0 Å². The Morgan fingerprint density at radius 3 is 2.83 bits per heavy atom. The Morgan fingerprint density at radius 1 is 1.58 bits per heavy atom. The van der Waals surface area contributed by atoms with E-state index in [1.165, 1.54) is 0 Å². The van der Waals surface area contributed by atoms with E-state index in [0.29, 0.717) is 25.7 Å². The monoisotopic (exact) mass is 169 g/mol. The maximum absolute atomic E-state index is 10.6. The van der Waals surface area contributed by atoms with Crippen LogP contribution in [0.15, 0.2) is 5.10 Å². The van der Waals surface area contributed by atoms with Gasteiger partial charge in [-0.05, 0) is 12.8 Å². The van der Waals surface area contributed by atoms with Crippen LogP contribution in [0.2, 0.25) is 0 Å². The molecule has 1 aliphatic heterocycles. The van der Waals surface area contributed by atoms with Crippen molar-refractivity contribution in [3.8, 4) is 0 Å². The molecule has 1 rings (SSSR count). The largest absolute Gasteiger partial charge is 0.370 e. The van der Waals surface area contributed by atoms with Crippen molar-refractivity contribution in [1.29, 1.82) is 0 Å². The lowest BCUT2D eigenvalue weighted by atomic mass is 10.1. The highest BCUT2D eigenvalue weighted by Gasteiger charge is 2.11. The summed E-state index contributed by atoms with van der Waals surface area (Å²) >= 11 is 0. The number of carbonyl (C=O) groups is 2. The van der Waals surface area contributed by atoms with Gasteiger partial charge >= 0.3 is 0 Å². The summed E-state index contributed by atoms with van der Waals surface area (Å²) in [7, 11) is 0. The van der Waals surface area contributed by atoms with Gasteiger partial charge in [-0.25, -0.2) is 5.43 Å². The molecular formula is C7H11N3O2. The summed E-state index contributed by atoms with van der Waals surface area (Å²) in [5.74, 6) is -0.410. The van der Waals surface area contributed by atoms with E-state index in [-0.39, 0.29) is 11.8 Å². The van der Waals surface area contributed by atoms with Crippen LogP contribution in [0.5, 0.6) is 0 Å². The Hall–Kier alpha value is -1.39. The Balaban J connectivity index is 2.33. The molecule has 5 heteroatoms. The molecule has 1 aliphatic rings. The van der Waals surface area contributed by atoms with Crippen molar-refractivity contribution in [3.63, 3.8) is 0 Å². The van der Waals surface area contributed by atoms with Gasteiger partial charge in [0.25, 0.3) is 0 Å². The van der Waals surface area contributed by atoms with Crippen LogP contribution in [0, 0.1) is 0 Å². The molecule has 2 amide bonds. The van der Waals surface area contributed by atoms with Crippen LogP contribution in [0.25, 0.3) is 0 Å². The van der Waals surface area contributed by atoms with E-state index in [4.69, 9.17) is 5.73 Å². The van der Waals surface area contributed by atoms with Crippen LogP contribution in [0.4, 0.5) is 0 Å². The number of hydrogen-bond acceptors (Lipinski definition) is 3. The highest BCUT2D eigenvalue weighted by Crippen LogP contribution is 2.04. The smallest absolute Gasteiger partial charge is 0.240 e. The van der Waals surface area contributed by atoms with Gasteiger partial charge in [-0.3, -0.25) is 9.59 Å². The second kappa shape index (κ2) is 3.85. The summed E-state index contributed by atoms with van der Waals surface area (Å²) in [4.78, 5) is 21.0. The molecule has 0 saturated carbocycles. The zero-order valence-corrected chi connectivity index (χ0v) is 6.67. The first-order valence-corrected chi connectivity index (χ1v) is 3.81. The predicted octanol–water partition coefficient (Wildman–Crippen LogP) is -0.482. The van der Waals surface area contributed by atoms with Gasteiger partial charge in [-0.1, -0.05) is 0 Å². The van der Waals surface area contributed by atoms with E-state index >= 15 is 0 Å². The molecule has 1 heterocycles. The topological polar surface area (TPSA) is 84.6 Å². The lowest BCUT2D eigenvalue weighted by Crippen LogP contribution is -2.26. The molecule has 0 aromatic heterocycles. The fraction of sp³-hybridized carbons (Fsp3) is 0.571. The predicted molar refractivity (Wildman–Crippen MR) is 43.2 cm³/mol. The van der Waals surface area contributed by atoms with Crippen molar-refractivity contribution in [1.82, 2.24) is 5.43 Å².